The lowest BCUT2D eigenvalue weighted by molar-refractivity contribution is -0.116. The number of rotatable bonds is 7. The minimum atomic E-state index is -0.00724. The van der Waals surface area contributed by atoms with Crippen LogP contribution in [0.4, 0.5) is 5.82 Å². The molecule has 0 saturated carbocycles. The van der Waals surface area contributed by atoms with E-state index < -0.39 is 0 Å². The molecule has 0 radical (unpaired) electrons. The van der Waals surface area contributed by atoms with Gasteiger partial charge in [0.15, 0.2) is 5.82 Å². The summed E-state index contributed by atoms with van der Waals surface area (Å²) in [6.45, 7) is 2.15. The van der Waals surface area contributed by atoms with Gasteiger partial charge in [-0.15, -0.1) is 5.10 Å². The average Bonchev–Trinajstić information content (AvgIpc) is 2.92. The van der Waals surface area contributed by atoms with Crippen molar-refractivity contribution in [3.8, 4) is 11.3 Å². The highest BCUT2D eigenvalue weighted by Gasteiger charge is 2.12. The van der Waals surface area contributed by atoms with Gasteiger partial charge in [-0.25, -0.2) is 0 Å². The zero-order valence-electron chi connectivity index (χ0n) is 11.7. The predicted octanol–water partition coefficient (Wildman–Crippen LogP) is 3.38. The van der Waals surface area contributed by atoms with Gasteiger partial charge >= 0.3 is 0 Å². The molecule has 0 fully saturated rings. The maximum Gasteiger partial charge on any atom is 0.225 e. The Labute approximate surface area is 118 Å². The van der Waals surface area contributed by atoms with Gasteiger partial charge in [0.25, 0.3) is 0 Å². The Morgan fingerprint density at radius 3 is 2.70 bits per heavy atom. The summed E-state index contributed by atoms with van der Waals surface area (Å²) in [7, 11) is 0. The molecule has 1 aromatic carbocycles. The van der Waals surface area contributed by atoms with Crippen LogP contribution < -0.4 is 5.32 Å². The summed E-state index contributed by atoms with van der Waals surface area (Å²) in [6, 6.07) is 9.68. The van der Waals surface area contributed by atoms with Gasteiger partial charge in [-0.05, 0) is 6.42 Å². The maximum atomic E-state index is 11.9. The van der Waals surface area contributed by atoms with Crippen LogP contribution in [0, 0.1) is 0 Å². The number of anilines is 1. The van der Waals surface area contributed by atoms with E-state index in [-0.39, 0.29) is 5.91 Å². The summed E-state index contributed by atoms with van der Waals surface area (Å²) in [6.07, 6.45) is 4.88. The molecule has 1 amide bonds. The number of nitrogens with one attached hydrogen (secondary N) is 2. The van der Waals surface area contributed by atoms with Crippen molar-refractivity contribution in [2.24, 2.45) is 0 Å². The van der Waals surface area contributed by atoms with Gasteiger partial charge < -0.3 is 5.32 Å². The van der Waals surface area contributed by atoms with Gasteiger partial charge in [-0.3, -0.25) is 4.79 Å². The van der Waals surface area contributed by atoms with Crippen LogP contribution in [0.1, 0.15) is 39.0 Å². The summed E-state index contributed by atoms with van der Waals surface area (Å²) >= 11 is 0. The molecule has 0 aliphatic heterocycles. The number of hydrogen-bond donors (Lipinski definition) is 2. The van der Waals surface area contributed by atoms with E-state index in [1.807, 2.05) is 30.3 Å². The Kier molecular flexibility index (Phi) is 5.29. The van der Waals surface area contributed by atoms with E-state index in [1.165, 1.54) is 12.8 Å². The van der Waals surface area contributed by atoms with Crippen molar-refractivity contribution in [2.45, 2.75) is 39.0 Å². The number of aromatic amines is 1. The van der Waals surface area contributed by atoms with Crippen LogP contribution in [0.15, 0.2) is 30.3 Å². The SMILES string of the molecule is CCCCCCC(=O)Nc1n[nH]nc1-c1ccccc1. The Morgan fingerprint density at radius 2 is 1.95 bits per heavy atom. The van der Waals surface area contributed by atoms with Crippen LogP contribution in [0.3, 0.4) is 0 Å². The second kappa shape index (κ2) is 7.43. The first-order chi connectivity index (χ1) is 9.81. The zero-order valence-corrected chi connectivity index (χ0v) is 11.7. The molecule has 0 unspecified atom stereocenters. The highest BCUT2D eigenvalue weighted by Crippen LogP contribution is 2.22. The van der Waals surface area contributed by atoms with Gasteiger partial charge in [0.2, 0.25) is 5.91 Å². The van der Waals surface area contributed by atoms with Crippen molar-refractivity contribution in [3.05, 3.63) is 30.3 Å². The second-order valence-corrected chi connectivity index (χ2v) is 4.75. The molecule has 20 heavy (non-hydrogen) atoms. The van der Waals surface area contributed by atoms with Crippen LogP contribution >= 0.6 is 0 Å². The third kappa shape index (κ3) is 3.91. The van der Waals surface area contributed by atoms with Crippen LogP contribution in [-0.4, -0.2) is 21.3 Å². The van der Waals surface area contributed by atoms with Crippen LogP contribution in [-0.2, 0) is 4.79 Å². The summed E-state index contributed by atoms with van der Waals surface area (Å²) in [5.74, 6) is 0.490. The fraction of sp³-hybridized carbons (Fsp3) is 0.400. The van der Waals surface area contributed by atoms with Gasteiger partial charge in [0.1, 0.15) is 5.69 Å². The van der Waals surface area contributed by atoms with E-state index in [4.69, 9.17) is 0 Å². The molecule has 0 atom stereocenters. The number of H-pyrrole nitrogens is 1. The Morgan fingerprint density at radius 1 is 1.15 bits per heavy atom. The maximum absolute atomic E-state index is 11.9. The molecule has 2 rings (SSSR count). The first kappa shape index (κ1) is 14.2. The second-order valence-electron chi connectivity index (χ2n) is 4.75. The lowest BCUT2D eigenvalue weighted by Gasteiger charge is -2.04. The molecular formula is C15H20N4O. The smallest absolute Gasteiger partial charge is 0.225 e. The number of carbonyl (C=O) groups excluding carboxylic acids is 1. The molecule has 1 aromatic heterocycles. The molecule has 0 aliphatic carbocycles. The van der Waals surface area contributed by atoms with Gasteiger partial charge in [-0.2, -0.15) is 10.3 Å². The molecular weight excluding hydrogens is 252 g/mol. The molecule has 106 valence electrons. The van der Waals surface area contributed by atoms with E-state index in [0.717, 1.165) is 18.4 Å². The van der Waals surface area contributed by atoms with Crippen LogP contribution in [0.2, 0.25) is 0 Å². The lowest BCUT2D eigenvalue weighted by Crippen LogP contribution is -2.12. The molecule has 0 bridgehead atoms. The van der Waals surface area contributed by atoms with Gasteiger partial charge in [0, 0.05) is 12.0 Å². The zero-order chi connectivity index (χ0) is 14.2. The van der Waals surface area contributed by atoms with Gasteiger partial charge in [0.05, 0.1) is 0 Å². The number of aromatic nitrogens is 3. The molecule has 0 saturated heterocycles. The summed E-state index contributed by atoms with van der Waals surface area (Å²) in [4.78, 5) is 11.9. The first-order valence-electron chi connectivity index (χ1n) is 7.07. The number of hydrogen-bond acceptors (Lipinski definition) is 3. The fourth-order valence-electron chi connectivity index (χ4n) is 2.02. The van der Waals surface area contributed by atoms with Crippen LogP contribution in [0.25, 0.3) is 11.3 Å². The third-order valence-corrected chi connectivity index (χ3v) is 3.11. The number of unbranched alkanes of at least 4 members (excludes halogenated alkanes) is 3. The van der Waals surface area contributed by atoms with Crippen molar-refractivity contribution < 1.29 is 4.79 Å². The third-order valence-electron chi connectivity index (χ3n) is 3.11. The van der Waals surface area contributed by atoms with E-state index in [9.17, 15) is 4.79 Å². The standard InChI is InChI=1S/C15H20N4O/c1-2-3-4-8-11-13(20)16-15-14(17-19-18-15)12-9-6-5-7-10-12/h5-7,9-10H,2-4,8,11H2,1H3,(H2,16,17,18,19,20). The number of carbonyl (C=O) groups is 1. The van der Waals surface area contributed by atoms with Crippen molar-refractivity contribution in [1.29, 1.82) is 0 Å². The monoisotopic (exact) mass is 272 g/mol. The summed E-state index contributed by atoms with van der Waals surface area (Å²) in [5.41, 5.74) is 1.61. The molecule has 0 spiro atoms. The van der Waals surface area contributed by atoms with E-state index >= 15 is 0 Å². The molecule has 0 aliphatic rings. The minimum absolute atomic E-state index is 0.00724. The topological polar surface area (TPSA) is 70.7 Å². The quantitative estimate of drug-likeness (QED) is 0.759. The average molecular weight is 272 g/mol. The predicted molar refractivity (Wildman–Crippen MR) is 79.2 cm³/mol. The van der Waals surface area contributed by atoms with Crippen molar-refractivity contribution >= 4 is 11.7 Å². The largest absolute Gasteiger partial charge is 0.307 e. The fourth-order valence-corrected chi connectivity index (χ4v) is 2.02. The van der Waals surface area contributed by atoms with E-state index in [1.54, 1.807) is 0 Å². The van der Waals surface area contributed by atoms with Crippen molar-refractivity contribution in [2.75, 3.05) is 5.32 Å². The van der Waals surface area contributed by atoms with E-state index in [2.05, 4.69) is 27.7 Å². The summed E-state index contributed by atoms with van der Waals surface area (Å²) < 4.78 is 0. The normalized spacial score (nSPS) is 10.4. The Balaban J connectivity index is 1.94. The lowest BCUT2D eigenvalue weighted by atomic mass is 10.1. The van der Waals surface area contributed by atoms with E-state index in [0.29, 0.717) is 17.9 Å². The Bertz CT molecular complexity index is 536. The Hall–Kier alpha value is -2.17. The number of benzene rings is 1. The van der Waals surface area contributed by atoms with Crippen molar-refractivity contribution in [3.63, 3.8) is 0 Å². The molecule has 1 heterocycles. The first-order valence-corrected chi connectivity index (χ1v) is 7.07. The highest BCUT2D eigenvalue weighted by molar-refractivity contribution is 5.93. The highest BCUT2D eigenvalue weighted by atomic mass is 16.1. The molecule has 5 nitrogen and oxygen atoms in total. The molecule has 2 N–H and O–H groups in total. The molecule has 2 aromatic rings. The van der Waals surface area contributed by atoms with Gasteiger partial charge in [-0.1, -0.05) is 56.5 Å². The molecule has 5 heteroatoms. The minimum Gasteiger partial charge on any atom is -0.307 e. The number of nitrogens with zero attached hydrogens (tertiary/aromatic N) is 2. The summed E-state index contributed by atoms with van der Waals surface area (Å²) in [5, 5.41) is 13.5. The van der Waals surface area contributed by atoms with Crippen LogP contribution in [0.5, 0.6) is 0 Å². The van der Waals surface area contributed by atoms with Crippen molar-refractivity contribution in [1.82, 2.24) is 15.4 Å². The number of amides is 1.